The first kappa shape index (κ1) is 14.3. The molecule has 1 saturated heterocycles. The fourth-order valence-corrected chi connectivity index (χ4v) is 3.58. The lowest BCUT2D eigenvalue weighted by molar-refractivity contribution is -0.110. The van der Waals surface area contributed by atoms with Gasteiger partial charge in [0.15, 0.2) is 5.78 Å². The monoisotopic (exact) mass is 296 g/mol. The van der Waals surface area contributed by atoms with Crippen LogP contribution in [0.3, 0.4) is 0 Å². The molecule has 0 bridgehead atoms. The molecule has 0 aromatic rings. The molecule has 6 heteroatoms. The molecular formula is C13H16N2O2S2. The van der Waals surface area contributed by atoms with E-state index in [-0.39, 0.29) is 16.7 Å². The third-order valence-corrected chi connectivity index (χ3v) is 5.41. The van der Waals surface area contributed by atoms with Gasteiger partial charge < -0.3 is 4.90 Å². The van der Waals surface area contributed by atoms with E-state index in [1.807, 2.05) is 25.8 Å². The minimum absolute atomic E-state index is 0.0434. The summed E-state index contributed by atoms with van der Waals surface area (Å²) in [5, 5.41) is 11.2. The number of hydrogen-bond donors (Lipinski definition) is 1. The van der Waals surface area contributed by atoms with Gasteiger partial charge in [0.1, 0.15) is 9.69 Å². The van der Waals surface area contributed by atoms with E-state index in [2.05, 4.69) is 0 Å². The fourth-order valence-electron chi connectivity index (χ4n) is 1.87. The first-order valence-electron chi connectivity index (χ1n) is 5.86. The summed E-state index contributed by atoms with van der Waals surface area (Å²) in [6.07, 6.45) is 7.92. The SMILES string of the molecule is CN1C(=S)S[C@H](N(O)C=C2C=CC(=O)C=C2)C1(C)C. The Kier molecular flexibility index (Phi) is 3.85. The number of allylic oxidation sites excluding steroid dienone is 5. The van der Waals surface area contributed by atoms with Gasteiger partial charge in [-0.2, -0.15) is 0 Å². The number of carbonyl (C=O) groups excluding carboxylic acids is 1. The minimum Gasteiger partial charge on any atom is -0.352 e. The summed E-state index contributed by atoms with van der Waals surface area (Å²) in [4.78, 5) is 13.0. The number of hydrogen-bond acceptors (Lipinski definition) is 5. The van der Waals surface area contributed by atoms with E-state index in [1.165, 1.54) is 29.0 Å². The number of ketones is 1. The zero-order valence-electron chi connectivity index (χ0n) is 11.0. The first-order valence-corrected chi connectivity index (χ1v) is 7.15. The van der Waals surface area contributed by atoms with Gasteiger partial charge in [-0.1, -0.05) is 24.0 Å². The van der Waals surface area contributed by atoms with Gasteiger partial charge in [0.2, 0.25) is 0 Å². The smallest absolute Gasteiger partial charge is 0.178 e. The van der Waals surface area contributed by atoms with Crippen molar-refractivity contribution < 1.29 is 10.0 Å². The second-order valence-electron chi connectivity index (χ2n) is 5.03. The molecule has 0 saturated carbocycles. The summed E-state index contributed by atoms with van der Waals surface area (Å²) >= 11 is 6.72. The molecule has 1 heterocycles. The van der Waals surface area contributed by atoms with Crippen molar-refractivity contribution in [3.63, 3.8) is 0 Å². The third kappa shape index (κ3) is 2.75. The molecule has 0 spiro atoms. The summed E-state index contributed by atoms with van der Waals surface area (Å²) in [5.41, 5.74) is 0.504. The number of carbonyl (C=O) groups is 1. The lowest BCUT2D eigenvalue weighted by Gasteiger charge is -2.35. The highest BCUT2D eigenvalue weighted by Crippen LogP contribution is 2.40. The van der Waals surface area contributed by atoms with Crippen molar-refractivity contribution in [2.45, 2.75) is 24.8 Å². The molecule has 0 aromatic heterocycles. The highest BCUT2D eigenvalue weighted by molar-refractivity contribution is 8.23. The van der Waals surface area contributed by atoms with Crippen LogP contribution in [0.4, 0.5) is 0 Å². The van der Waals surface area contributed by atoms with Gasteiger partial charge in [-0.25, -0.2) is 5.06 Å². The molecule has 0 radical (unpaired) electrons. The molecule has 4 nitrogen and oxygen atoms in total. The van der Waals surface area contributed by atoms with E-state index >= 15 is 0 Å². The number of hydroxylamine groups is 2. The Balaban J connectivity index is 2.17. The molecule has 1 aliphatic heterocycles. The van der Waals surface area contributed by atoms with Crippen LogP contribution in [-0.4, -0.2) is 43.2 Å². The number of likely N-dealkylation sites (N-methyl/N-ethyl adjacent to an activating group) is 1. The average Bonchev–Trinajstić information content (AvgIpc) is 2.56. The topological polar surface area (TPSA) is 43.8 Å². The molecule has 1 atom stereocenters. The van der Waals surface area contributed by atoms with E-state index in [4.69, 9.17) is 12.2 Å². The van der Waals surface area contributed by atoms with Gasteiger partial charge in [-0.15, -0.1) is 0 Å². The maximum Gasteiger partial charge on any atom is 0.178 e. The Morgan fingerprint density at radius 2 is 2.00 bits per heavy atom. The molecule has 1 fully saturated rings. The number of rotatable bonds is 2. The molecule has 2 rings (SSSR count). The van der Waals surface area contributed by atoms with Gasteiger partial charge >= 0.3 is 0 Å². The third-order valence-electron chi connectivity index (χ3n) is 3.36. The van der Waals surface area contributed by atoms with E-state index in [9.17, 15) is 10.0 Å². The largest absolute Gasteiger partial charge is 0.352 e. The second kappa shape index (κ2) is 5.11. The van der Waals surface area contributed by atoms with Gasteiger partial charge in [0, 0.05) is 13.2 Å². The quantitative estimate of drug-likeness (QED) is 0.623. The Morgan fingerprint density at radius 3 is 2.47 bits per heavy atom. The maximum atomic E-state index is 11.0. The van der Waals surface area contributed by atoms with Crippen LogP contribution >= 0.6 is 24.0 Å². The molecule has 19 heavy (non-hydrogen) atoms. The first-order chi connectivity index (χ1) is 8.82. The van der Waals surface area contributed by atoms with E-state index in [1.54, 1.807) is 18.4 Å². The number of thiocarbonyl (C=S) groups is 1. The molecule has 1 N–H and O–H groups in total. The van der Waals surface area contributed by atoms with E-state index in [0.717, 1.165) is 9.89 Å². The van der Waals surface area contributed by atoms with Crippen LogP contribution in [0.25, 0.3) is 0 Å². The molecule has 1 aliphatic carbocycles. The van der Waals surface area contributed by atoms with E-state index in [0.29, 0.717) is 0 Å². The van der Waals surface area contributed by atoms with Gasteiger partial charge in [0.05, 0.1) is 5.54 Å². The summed E-state index contributed by atoms with van der Waals surface area (Å²) in [6, 6.07) is 0. The van der Waals surface area contributed by atoms with Crippen molar-refractivity contribution in [1.82, 2.24) is 9.96 Å². The predicted octanol–water partition coefficient (Wildman–Crippen LogP) is 2.32. The maximum absolute atomic E-state index is 11.0. The molecular weight excluding hydrogens is 280 g/mol. The van der Waals surface area contributed by atoms with Crippen LogP contribution in [-0.2, 0) is 4.79 Å². The van der Waals surface area contributed by atoms with Crippen LogP contribution in [0.2, 0.25) is 0 Å². The van der Waals surface area contributed by atoms with Gasteiger partial charge in [-0.05, 0) is 43.7 Å². The minimum atomic E-state index is -0.272. The number of thioether (sulfide) groups is 1. The average molecular weight is 296 g/mol. The van der Waals surface area contributed by atoms with Gasteiger partial charge in [-0.3, -0.25) is 10.0 Å². The molecule has 0 amide bonds. The molecule has 0 unspecified atom stereocenters. The zero-order valence-corrected chi connectivity index (χ0v) is 12.7. The van der Waals surface area contributed by atoms with E-state index < -0.39 is 0 Å². The highest BCUT2D eigenvalue weighted by atomic mass is 32.2. The Labute approximate surface area is 122 Å². The zero-order chi connectivity index (χ0) is 14.2. The highest BCUT2D eigenvalue weighted by Gasteiger charge is 2.45. The van der Waals surface area contributed by atoms with Crippen LogP contribution in [0, 0.1) is 0 Å². The summed E-state index contributed by atoms with van der Waals surface area (Å²) in [7, 11) is 1.93. The fraction of sp³-hybridized carbons (Fsp3) is 0.385. The van der Waals surface area contributed by atoms with Crippen molar-refractivity contribution in [3.05, 3.63) is 36.1 Å². The summed E-state index contributed by atoms with van der Waals surface area (Å²) in [6.45, 7) is 4.06. The Morgan fingerprint density at radius 1 is 1.42 bits per heavy atom. The van der Waals surface area contributed by atoms with Crippen LogP contribution in [0.15, 0.2) is 36.1 Å². The van der Waals surface area contributed by atoms with Crippen molar-refractivity contribution in [2.24, 2.45) is 0 Å². The number of nitrogens with zero attached hydrogens (tertiary/aromatic N) is 2. The van der Waals surface area contributed by atoms with Crippen molar-refractivity contribution >= 4 is 34.1 Å². The van der Waals surface area contributed by atoms with Crippen molar-refractivity contribution in [1.29, 1.82) is 0 Å². The molecule has 102 valence electrons. The Hall–Kier alpha value is -1.11. The van der Waals surface area contributed by atoms with Crippen molar-refractivity contribution in [2.75, 3.05) is 7.05 Å². The van der Waals surface area contributed by atoms with Crippen LogP contribution < -0.4 is 0 Å². The van der Waals surface area contributed by atoms with Crippen LogP contribution in [0.1, 0.15) is 13.8 Å². The Bertz CT molecular complexity index is 491. The molecule has 0 aromatic carbocycles. The van der Waals surface area contributed by atoms with Gasteiger partial charge in [0.25, 0.3) is 0 Å². The standard InChI is InChI=1S/C13H16N2O2S2/c1-13(2)11(19-12(18)14(13)3)15(17)8-9-4-6-10(16)7-5-9/h4-8,11,17H,1-3H3/t11-/m0/s1. The van der Waals surface area contributed by atoms with Crippen molar-refractivity contribution in [3.8, 4) is 0 Å². The lowest BCUT2D eigenvalue weighted by Crippen LogP contribution is -2.48. The second-order valence-corrected chi connectivity index (χ2v) is 6.74. The van der Waals surface area contributed by atoms with Crippen LogP contribution in [0.5, 0.6) is 0 Å². The summed E-state index contributed by atoms with van der Waals surface area (Å²) < 4.78 is 0.761. The summed E-state index contributed by atoms with van der Waals surface area (Å²) in [5.74, 6) is -0.0434. The lowest BCUT2D eigenvalue weighted by atomic mass is 10.0. The predicted molar refractivity (Wildman–Crippen MR) is 80.8 cm³/mol. The normalized spacial score (nSPS) is 25.2. The molecule has 2 aliphatic rings.